The minimum Gasteiger partial charge on any atom is -0.465 e. The van der Waals surface area contributed by atoms with E-state index in [1.165, 1.54) is 34.8 Å². The Morgan fingerprint density at radius 3 is 2.39 bits per heavy atom. The second kappa shape index (κ2) is 11.9. The molecule has 2 saturated heterocycles. The van der Waals surface area contributed by atoms with Crippen LogP contribution in [0.3, 0.4) is 0 Å². The second-order valence-corrected chi connectivity index (χ2v) is 10.9. The third-order valence-electron chi connectivity index (χ3n) is 7.93. The summed E-state index contributed by atoms with van der Waals surface area (Å²) in [6.45, 7) is 1.25. The van der Waals surface area contributed by atoms with Gasteiger partial charge in [-0.15, -0.1) is 0 Å². The van der Waals surface area contributed by atoms with E-state index < -0.39 is 35.6 Å². The number of hydrogen-bond acceptors (Lipinski definition) is 5. The molecule has 9 nitrogen and oxygen atoms in total. The predicted molar refractivity (Wildman–Crippen MR) is 149 cm³/mol. The molecule has 0 aliphatic carbocycles. The Morgan fingerprint density at radius 1 is 0.976 bits per heavy atom. The zero-order chi connectivity index (χ0) is 29.3. The largest absolute Gasteiger partial charge is 0.465 e. The minimum absolute atomic E-state index is 0.111. The molecule has 1 N–H and O–H groups in total. The second-order valence-electron chi connectivity index (χ2n) is 10.5. The van der Waals surface area contributed by atoms with Crippen molar-refractivity contribution in [3.63, 3.8) is 0 Å². The number of carbonyl (C=O) groups excluding carboxylic acids is 1. The Morgan fingerprint density at radius 2 is 1.71 bits per heavy atom. The number of benzene rings is 2. The summed E-state index contributed by atoms with van der Waals surface area (Å²) >= 11 is 6.08. The van der Waals surface area contributed by atoms with E-state index in [-0.39, 0.29) is 36.7 Å². The van der Waals surface area contributed by atoms with Gasteiger partial charge in [0.05, 0.1) is 12.0 Å². The summed E-state index contributed by atoms with van der Waals surface area (Å²) in [6, 6.07) is 12.5. The summed E-state index contributed by atoms with van der Waals surface area (Å²) in [6.07, 6.45) is 0.0740. The number of rotatable bonds is 4. The SMILES string of the molecule is Cn1nc(N2C[C@@H](C(=O)N3CCCCN(C(=O)O)C(c4ccc(Cl)cc4)C3)[C@H](c3ccc(F)cc3F)C2)ccc1=O. The lowest BCUT2D eigenvalue weighted by Gasteiger charge is -2.38. The lowest BCUT2D eigenvalue weighted by atomic mass is 9.87. The average molecular weight is 586 g/mol. The van der Waals surface area contributed by atoms with E-state index in [1.807, 2.05) is 4.90 Å². The molecule has 3 aromatic rings. The first-order valence-corrected chi connectivity index (χ1v) is 13.8. The quantitative estimate of drug-likeness (QED) is 0.491. The zero-order valence-corrected chi connectivity index (χ0v) is 23.2. The van der Waals surface area contributed by atoms with Gasteiger partial charge in [0.25, 0.3) is 5.56 Å². The van der Waals surface area contributed by atoms with Crippen LogP contribution in [0, 0.1) is 17.6 Å². The van der Waals surface area contributed by atoms with Crippen molar-refractivity contribution in [3.8, 4) is 0 Å². The fourth-order valence-corrected chi connectivity index (χ4v) is 5.92. The summed E-state index contributed by atoms with van der Waals surface area (Å²) in [5, 5.41) is 14.8. The predicted octanol–water partition coefficient (Wildman–Crippen LogP) is 4.28. The van der Waals surface area contributed by atoms with Crippen molar-refractivity contribution < 1.29 is 23.5 Å². The standard InChI is InChI=1S/C29H30ClF2N5O4/c1-34-27(38)11-10-26(33-34)36-15-22(21-9-8-20(31)14-24(21)32)23(16-36)28(39)35-12-2-3-13-37(29(40)41)25(17-35)18-4-6-19(30)7-5-18/h4-11,14,22-23,25H,2-3,12-13,15-17H2,1H3,(H,40,41)/t22-,23+,25?/m0/s1. The lowest BCUT2D eigenvalue weighted by molar-refractivity contribution is -0.136. The van der Waals surface area contributed by atoms with Gasteiger partial charge in [-0.3, -0.25) is 14.5 Å². The van der Waals surface area contributed by atoms with E-state index in [4.69, 9.17) is 11.6 Å². The molecule has 2 aliphatic rings. The first-order valence-electron chi connectivity index (χ1n) is 13.4. The molecule has 5 rings (SSSR count). The first kappa shape index (κ1) is 28.5. The van der Waals surface area contributed by atoms with Gasteiger partial charge in [-0.1, -0.05) is 29.8 Å². The number of aromatic nitrogens is 2. The summed E-state index contributed by atoms with van der Waals surface area (Å²) in [5.74, 6) is -2.61. The van der Waals surface area contributed by atoms with E-state index in [1.54, 1.807) is 35.2 Å². The number of hydrogen-bond donors (Lipinski definition) is 1. The topological polar surface area (TPSA) is 99.0 Å². The third kappa shape index (κ3) is 6.04. The molecule has 0 saturated carbocycles. The molecule has 216 valence electrons. The molecule has 41 heavy (non-hydrogen) atoms. The minimum atomic E-state index is -1.08. The van der Waals surface area contributed by atoms with E-state index >= 15 is 4.39 Å². The zero-order valence-electron chi connectivity index (χ0n) is 22.4. The summed E-state index contributed by atoms with van der Waals surface area (Å²) < 4.78 is 30.1. The maximum absolute atomic E-state index is 15.1. The Kier molecular flexibility index (Phi) is 8.25. The van der Waals surface area contributed by atoms with Gasteiger partial charge in [0, 0.05) is 62.8 Å². The van der Waals surface area contributed by atoms with Crippen LogP contribution in [0.4, 0.5) is 19.4 Å². The normalized spacial score (nSPS) is 21.5. The molecular formula is C29H30ClF2N5O4. The van der Waals surface area contributed by atoms with Gasteiger partial charge in [0.15, 0.2) is 0 Å². The van der Waals surface area contributed by atoms with Crippen molar-refractivity contribution >= 4 is 29.4 Å². The maximum atomic E-state index is 15.1. The molecular weight excluding hydrogens is 556 g/mol. The Balaban J connectivity index is 1.50. The molecule has 2 aromatic carbocycles. The molecule has 0 radical (unpaired) electrons. The van der Waals surface area contributed by atoms with Gasteiger partial charge >= 0.3 is 6.09 Å². The van der Waals surface area contributed by atoms with Crippen LogP contribution >= 0.6 is 11.6 Å². The number of aryl methyl sites for hydroxylation is 1. The Labute approximate surface area is 240 Å². The van der Waals surface area contributed by atoms with Gasteiger partial charge < -0.3 is 14.9 Å². The first-order chi connectivity index (χ1) is 19.6. The van der Waals surface area contributed by atoms with E-state index in [0.717, 1.165) is 6.07 Å². The number of carbonyl (C=O) groups is 2. The Bertz CT molecular complexity index is 1500. The van der Waals surface area contributed by atoms with E-state index in [0.29, 0.717) is 42.3 Å². The third-order valence-corrected chi connectivity index (χ3v) is 8.18. The molecule has 2 aliphatic heterocycles. The smallest absolute Gasteiger partial charge is 0.407 e. The van der Waals surface area contributed by atoms with Gasteiger partial charge in [0.2, 0.25) is 5.91 Å². The van der Waals surface area contributed by atoms with Gasteiger partial charge in [-0.05, 0) is 48.2 Å². The fourth-order valence-electron chi connectivity index (χ4n) is 5.79. The van der Waals surface area contributed by atoms with Crippen LogP contribution in [0.15, 0.2) is 59.4 Å². The molecule has 0 bridgehead atoms. The average Bonchev–Trinajstić information content (AvgIpc) is 3.35. The van der Waals surface area contributed by atoms with Crippen molar-refractivity contribution in [2.24, 2.45) is 13.0 Å². The molecule has 2 amide bonds. The number of carboxylic acid groups (broad SMARTS) is 1. The number of anilines is 1. The highest BCUT2D eigenvalue weighted by Gasteiger charge is 2.43. The molecule has 1 unspecified atom stereocenters. The van der Waals surface area contributed by atoms with Crippen molar-refractivity contribution in [1.29, 1.82) is 0 Å². The molecule has 3 heterocycles. The fraction of sp³-hybridized carbons (Fsp3) is 0.379. The highest BCUT2D eigenvalue weighted by molar-refractivity contribution is 6.30. The monoisotopic (exact) mass is 585 g/mol. The molecule has 1 aromatic heterocycles. The van der Waals surface area contributed by atoms with E-state index in [2.05, 4.69) is 5.10 Å². The van der Waals surface area contributed by atoms with Crippen molar-refractivity contribution in [1.82, 2.24) is 19.6 Å². The van der Waals surface area contributed by atoms with Crippen LogP contribution in [0.5, 0.6) is 0 Å². The van der Waals surface area contributed by atoms with Crippen molar-refractivity contribution in [2.45, 2.75) is 24.8 Å². The van der Waals surface area contributed by atoms with E-state index in [9.17, 15) is 23.9 Å². The highest BCUT2D eigenvalue weighted by Crippen LogP contribution is 2.38. The number of nitrogens with zero attached hydrogens (tertiary/aromatic N) is 5. The maximum Gasteiger partial charge on any atom is 0.407 e. The van der Waals surface area contributed by atoms with Crippen LogP contribution in [-0.2, 0) is 11.8 Å². The lowest BCUT2D eigenvalue weighted by Crippen LogP contribution is -2.48. The Hall–Kier alpha value is -3.99. The van der Waals surface area contributed by atoms with Crippen LogP contribution in [0.2, 0.25) is 5.02 Å². The van der Waals surface area contributed by atoms with Crippen LogP contribution in [0.25, 0.3) is 0 Å². The summed E-state index contributed by atoms with van der Waals surface area (Å²) in [5.41, 5.74) is 0.629. The summed E-state index contributed by atoms with van der Waals surface area (Å²) in [7, 11) is 1.52. The van der Waals surface area contributed by atoms with Gasteiger partial charge in [0.1, 0.15) is 17.5 Å². The van der Waals surface area contributed by atoms with Crippen LogP contribution in [-0.4, -0.2) is 69.4 Å². The van der Waals surface area contributed by atoms with Crippen LogP contribution in [0.1, 0.15) is 35.9 Å². The van der Waals surface area contributed by atoms with Crippen molar-refractivity contribution in [2.75, 3.05) is 37.6 Å². The molecule has 12 heteroatoms. The van der Waals surface area contributed by atoms with Gasteiger partial charge in [-0.25, -0.2) is 18.3 Å². The molecule has 3 atom stereocenters. The molecule has 2 fully saturated rings. The van der Waals surface area contributed by atoms with Crippen molar-refractivity contribution in [3.05, 3.63) is 92.7 Å². The highest BCUT2D eigenvalue weighted by atomic mass is 35.5. The van der Waals surface area contributed by atoms with Crippen LogP contribution < -0.4 is 10.5 Å². The number of amides is 2. The number of halogens is 3. The molecule has 0 spiro atoms. The summed E-state index contributed by atoms with van der Waals surface area (Å²) in [4.78, 5) is 43.2. The van der Waals surface area contributed by atoms with Gasteiger partial charge in [-0.2, -0.15) is 5.10 Å².